The average molecular weight is 229 g/mol. The van der Waals surface area contributed by atoms with Crippen LogP contribution in [0.1, 0.15) is 25.1 Å². The molecule has 0 aliphatic heterocycles. The Morgan fingerprint density at radius 3 is 2.56 bits per heavy atom. The third kappa shape index (κ3) is 3.41. The molecule has 0 fully saturated rings. The van der Waals surface area contributed by atoms with Gasteiger partial charge in [-0.05, 0) is 18.6 Å². The summed E-state index contributed by atoms with van der Waals surface area (Å²) in [6, 6.07) is 3.46. The van der Waals surface area contributed by atoms with Crippen molar-refractivity contribution in [1.82, 2.24) is 4.98 Å². The third-order valence-electron chi connectivity index (χ3n) is 2.44. The minimum Gasteiger partial charge on any atom is -0.368 e. The van der Waals surface area contributed by atoms with Crippen LogP contribution in [0.3, 0.4) is 0 Å². The molecule has 2 N–H and O–H groups in total. The predicted molar refractivity (Wildman–Crippen MR) is 60.7 cm³/mol. The molecule has 0 amide bonds. The van der Waals surface area contributed by atoms with Crippen LogP contribution in [0.4, 0.5) is 14.5 Å². The number of aromatic nitrogens is 1. The van der Waals surface area contributed by atoms with Crippen LogP contribution in [0.5, 0.6) is 0 Å². The van der Waals surface area contributed by atoms with Crippen LogP contribution in [0, 0.1) is 0 Å². The summed E-state index contributed by atoms with van der Waals surface area (Å²) >= 11 is 0. The first-order valence-corrected chi connectivity index (χ1v) is 5.25. The Hall–Kier alpha value is -1.23. The Morgan fingerprint density at radius 2 is 2.12 bits per heavy atom. The number of alkyl halides is 2. The summed E-state index contributed by atoms with van der Waals surface area (Å²) in [7, 11) is 1.61. The van der Waals surface area contributed by atoms with Gasteiger partial charge in [0.1, 0.15) is 0 Å². The van der Waals surface area contributed by atoms with Crippen molar-refractivity contribution in [2.75, 3.05) is 18.5 Å². The lowest BCUT2D eigenvalue weighted by molar-refractivity contribution is 0.156. The molecule has 16 heavy (non-hydrogen) atoms. The van der Waals surface area contributed by atoms with Crippen molar-refractivity contribution in [2.24, 2.45) is 5.73 Å². The molecule has 0 aliphatic rings. The molecular formula is C11H17F2N3. The first kappa shape index (κ1) is 12.8. The van der Waals surface area contributed by atoms with Gasteiger partial charge < -0.3 is 10.6 Å². The summed E-state index contributed by atoms with van der Waals surface area (Å²) in [6.07, 6.45) is 0.0366. The minimum atomic E-state index is -2.34. The van der Waals surface area contributed by atoms with Gasteiger partial charge in [0.05, 0.1) is 24.1 Å². The van der Waals surface area contributed by atoms with Crippen molar-refractivity contribution >= 4 is 5.69 Å². The van der Waals surface area contributed by atoms with Crippen LogP contribution in [0.2, 0.25) is 0 Å². The molecule has 0 aliphatic carbocycles. The molecule has 90 valence electrons. The maximum Gasteiger partial charge on any atom is 0.255 e. The zero-order chi connectivity index (χ0) is 12.1. The second-order valence-electron chi connectivity index (χ2n) is 3.73. The molecule has 1 rings (SSSR count). The molecule has 0 spiro atoms. The van der Waals surface area contributed by atoms with Gasteiger partial charge in [-0.3, -0.25) is 4.98 Å². The first-order chi connectivity index (χ1) is 7.54. The second kappa shape index (κ2) is 5.75. The van der Waals surface area contributed by atoms with Crippen molar-refractivity contribution in [1.29, 1.82) is 0 Å². The normalized spacial score (nSPS) is 12.9. The van der Waals surface area contributed by atoms with Crippen LogP contribution in [-0.4, -0.2) is 25.0 Å². The Bertz CT molecular complexity index is 314. The monoisotopic (exact) mass is 229 g/mol. The van der Waals surface area contributed by atoms with Gasteiger partial charge in [-0.15, -0.1) is 0 Å². The van der Waals surface area contributed by atoms with E-state index in [1.54, 1.807) is 25.4 Å². The SMILES string of the molecule is CC[C@@H](N)c1ccc(N(C)CC(F)F)cn1. The van der Waals surface area contributed by atoms with E-state index in [0.29, 0.717) is 5.69 Å². The topological polar surface area (TPSA) is 42.1 Å². The molecule has 0 aromatic carbocycles. The molecular weight excluding hydrogens is 212 g/mol. The van der Waals surface area contributed by atoms with Gasteiger partial charge in [-0.1, -0.05) is 6.92 Å². The third-order valence-corrected chi connectivity index (χ3v) is 2.44. The molecule has 1 atom stereocenters. The highest BCUT2D eigenvalue weighted by Crippen LogP contribution is 2.16. The van der Waals surface area contributed by atoms with Crippen molar-refractivity contribution < 1.29 is 8.78 Å². The summed E-state index contributed by atoms with van der Waals surface area (Å²) in [5.41, 5.74) is 7.27. The minimum absolute atomic E-state index is 0.0885. The lowest BCUT2D eigenvalue weighted by atomic mass is 10.1. The van der Waals surface area contributed by atoms with Gasteiger partial charge in [0, 0.05) is 13.1 Å². The van der Waals surface area contributed by atoms with E-state index in [1.165, 1.54) is 4.90 Å². The van der Waals surface area contributed by atoms with Crippen molar-refractivity contribution in [3.05, 3.63) is 24.0 Å². The standard InChI is InChI=1S/C11H17F2N3/c1-3-9(14)10-5-4-8(6-15-10)16(2)7-11(12)13/h4-6,9,11H,3,7,14H2,1-2H3/t9-/m1/s1. The number of hydrogen-bond acceptors (Lipinski definition) is 3. The van der Waals surface area contributed by atoms with Crippen LogP contribution in [-0.2, 0) is 0 Å². The molecule has 5 heteroatoms. The molecule has 0 saturated carbocycles. The number of nitrogens with two attached hydrogens (primary N) is 1. The lowest BCUT2D eigenvalue weighted by Gasteiger charge is -2.19. The highest BCUT2D eigenvalue weighted by atomic mass is 19.3. The number of anilines is 1. The number of halogens is 2. The number of rotatable bonds is 5. The smallest absolute Gasteiger partial charge is 0.255 e. The van der Waals surface area contributed by atoms with E-state index in [9.17, 15) is 8.78 Å². The van der Waals surface area contributed by atoms with E-state index in [4.69, 9.17) is 5.73 Å². The predicted octanol–water partition coefficient (Wildman–Crippen LogP) is 2.19. The summed E-state index contributed by atoms with van der Waals surface area (Å²) in [5.74, 6) is 0. The van der Waals surface area contributed by atoms with Crippen LogP contribution in [0.15, 0.2) is 18.3 Å². The fourth-order valence-corrected chi connectivity index (χ4v) is 1.36. The fourth-order valence-electron chi connectivity index (χ4n) is 1.36. The molecule has 3 nitrogen and oxygen atoms in total. The average Bonchev–Trinajstić information content (AvgIpc) is 2.27. The molecule has 1 heterocycles. The van der Waals surface area contributed by atoms with Gasteiger partial charge in [0.2, 0.25) is 0 Å². The van der Waals surface area contributed by atoms with Gasteiger partial charge in [-0.25, -0.2) is 8.78 Å². The summed E-state index contributed by atoms with van der Waals surface area (Å²) in [6.45, 7) is 1.68. The Labute approximate surface area is 94.3 Å². The Balaban J connectivity index is 2.70. The highest BCUT2D eigenvalue weighted by Gasteiger charge is 2.10. The zero-order valence-electron chi connectivity index (χ0n) is 9.53. The van der Waals surface area contributed by atoms with Crippen molar-refractivity contribution in [2.45, 2.75) is 25.8 Å². The maximum absolute atomic E-state index is 12.2. The largest absolute Gasteiger partial charge is 0.368 e. The number of pyridine rings is 1. The van der Waals surface area contributed by atoms with Gasteiger partial charge >= 0.3 is 0 Å². The molecule has 1 aromatic heterocycles. The zero-order valence-corrected chi connectivity index (χ0v) is 9.53. The summed E-state index contributed by atoms with van der Waals surface area (Å²) in [5, 5.41) is 0. The first-order valence-electron chi connectivity index (χ1n) is 5.25. The van der Waals surface area contributed by atoms with Gasteiger partial charge in [-0.2, -0.15) is 0 Å². The molecule has 1 aromatic rings. The number of hydrogen-bond donors (Lipinski definition) is 1. The van der Waals surface area contributed by atoms with Crippen molar-refractivity contribution in [3.63, 3.8) is 0 Å². The second-order valence-corrected chi connectivity index (χ2v) is 3.73. The fraction of sp³-hybridized carbons (Fsp3) is 0.545. The Morgan fingerprint density at radius 1 is 1.44 bits per heavy atom. The van der Waals surface area contributed by atoms with E-state index in [1.807, 2.05) is 6.92 Å². The Kier molecular flexibility index (Phi) is 4.61. The molecule has 0 radical (unpaired) electrons. The quantitative estimate of drug-likeness (QED) is 0.841. The van der Waals surface area contributed by atoms with Gasteiger partial charge in [0.15, 0.2) is 0 Å². The molecule has 0 bridgehead atoms. The van der Waals surface area contributed by atoms with Crippen molar-refractivity contribution in [3.8, 4) is 0 Å². The van der Waals surface area contributed by atoms with Gasteiger partial charge in [0.25, 0.3) is 6.43 Å². The summed E-state index contributed by atoms with van der Waals surface area (Å²) < 4.78 is 24.3. The van der Waals surface area contributed by atoms with Crippen LogP contribution >= 0.6 is 0 Å². The highest BCUT2D eigenvalue weighted by molar-refractivity contribution is 5.43. The van der Waals surface area contributed by atoms with Crippen LogP contribution in [0.25, 0.3) is 0 Å². The van der Waals surface area contributed by atoms with E-state index in [-0.39, 0.29) is 12.6 Å². The lowest BCUT2D eigenvalue weighted by Crippen LogP contribution is -2.24. The molecule has 0 unspecified atom stereocenters. The molecule has 0 saturated heterocycles. The van der Waals surface area contributed by atoms with E-state index >= 15 is 0 Å². The summed E-state index contributed by atoms with van der Waals surface area (Å²) in [4.78, 5) is 5.64. The maximum atomic E-state index is 12.2. The number of nitrogens with zero attached hydrogens (tertiary/aromatic N) is 2. The van der Waals surface area contributed by atoms with E-state index in [2.05, 4.69) is 4.98 Å². The van der Waals surface area contributed by atoms with E-state index in [0.717, 1.165) is 12.1 Å². The van der Waals surface area contributed by atoms with Crippen LogP contribution < -0.4 is 10.6 Å². The van der Waals surface area contributed by atoms with E-state index < -0.39 is 6.43 Å².